The Bertz CT molecular complexity index is 590. The van der Waals surface area contributed by atoms with E-state index >= 15 is 0 Å². The molecule has 6 heteroatoms. The van der Waals surface area contributed by atoms with Crippen molar-refractivity contribution in [2.45, 2.75) is 37.6 Å². The summed E-state index contributed by atoms with van der Waals surface area (Å²) in [7, 11) is -3.52. The van der Waals surface area contributed by atoms with E-state index in [0.717, 1.165) is 12.8 Å². The number of rotatable bonds is 6. The van der Waals surface area contributed by atoms with Crippen molar-refractivity contribution in [1.29, 1.82) is 0 Å². The largest absolute Gasteiger partial charge is 0.349 e. The number of amides is 1. The predicted molar refractivity (Wildman–Crippen MR) is 77.0 cm³/mol. The Morgan fingerprint density at radius 3 is 2.50 bits per heavy atom. The van der Waals surface area contributed by atoms with Crippen LogP contribution in [0.1, 0.15) is 37.0 Å². The highest BCUT2D eigenvalue weighted by molar-refractivity contribution is 7.89. The molecular weight excluding hydrogens is 276 g/mol. The maximum Gasteiger partial charge on any atom is 0.251 e. The van der Waals surface area contributed by atoms with Gasteiger partial charge in [0.1, 0.15) is 0 Å². The number of nitrogens with one attached hydrogen (secondary N) is 1. The van der Waals surface area contributed by atoms with E-state index in [1.807, 2.05) is 0 Å². The molecule has 0 saturated heterocycles. The second-order valence-electron chi connectivity index (χ2n) is 4.86. The van der Waals surface area contributed by atoms with Crippen LogP contribution in [-0.4, -0.2) is 37.8 Å². The van der Waals surface area contributed by atoms with E-state index in [0.29, 0.717) is 18.7 Å². The van der Waals surface area contributed by atoms with Gasteiger partial charge in [0.15, 0.2) is 0 Å². The SMILES string of the molecule is CCN(CC)S(=O)(=O)c1cccc(C(=O)NC2CC2)c1. The van der Waals surface area contributed by atoms with Crippen LogP contribution in [0.5, 0.6) is 0 Å². The summed E-state index contributed by atoms with van der Waals surface area (Å²) in [6.07, 6.45) is 2.01. The van der Waals surface area contributed by atoms with Gasteiger partial charge in [-0.1, -0.05) is 19.9 Å². The predicted octanol–water partition coefficient (Wildman–Crippen LogP) is 1.61. The van der Waals surface area contributed by atoms with Crippen molar-refractivity contribution < 1.29 is 13.2 Å². The Balaban J connectivity index is 2.26. The number of carbonyl (C=O) groups is 1. The lowest BCUT2D eigenvalue weighted by Crippen LogP contribution is -2.31. The summed E-state index contributed by atoms with van der Waals surface area (Å²) in [5.74, 6) is -0.205. The smallest absolute Gasteiger partial charge is 0.251 e. The lowest BCUT2D eigenvalue weighted by Gasteiger charge is -2.18. The molecule has 1 N–H and O–H groups in total. The Kier molecular flexibility index (Phi) is 4.45. The van der Waals surface area contributed by atoms with Crippen LogP contribution in [0.2, 0.25) is 0 Å². The zero-order valence-electron chi connectivity index (χ0n) is 11.8. The van der Waals surface area contributed by atoms with Crippen molar-refractivity contribution in [2.75, 3.05) is 13.1 Å². The number of carbonyl (C=O) groups excluding carboxylic acids is 1. The van der Waals surface area contributed by atoms with Gasteiger partial charge in [-0.25, -0.2) is 8.42 Å². The van der Waals surface area contributed by atoms with Crippen molar-refractivity contribution in [1.82, 2.24) is 9.62 Å². The Morgan fingerprint density at radius 1 is 1.30 bits per heavy atom. The summed E-state index contributed by atoms with van der Waals surface area (Å²) in [4.78, 5) is 12.1. The molecule has 0 unspecified atom stereocenters. The van der Waals surface area contributed by atoms with E-state index in [1.54, 1.807) is 26.0 Å². The van der Waals surface area contributed by atoms with Gasteiger partial charge in [0, 0.05) is 24.7 Å². The van der Waals surface area contributed by atoms with Gasteiger partial charge in [-0.3, -0.25) is 4.79 Å². The second-order valence-corrected chi connectivity index (χ2v) is 6.80. The van der Waals surface area contributed by atoms with Crippen molar-refractivity contribution >= 4 is 15.9 Å². The fourth-order valence-electron chi connectivity index (χ4n) is 2.01. The van der Waals surface area contributed by atoms with Gasteiger partial charge in [0.25, 0.3) is 5.91 Å². The van der Waals surface area contributed by atoms with Crippen molar-refractivity contribution in [3.63, 3.8) is 0 Å². The molecule has 0 bridgehead atoms. The molecule has 1 aromatic rings. The molecule has 0 aromatic heterocycles. The van der Waals surface area contributed by atoms with Crippen molar-refractivity contribution in [2.24, 2.45) is 0 Å². The van der Waals surface area contributed by atoms with Gasteiger partial charge in [-0.15, -0.1) is 0 Å². The summed E-state index contributed by atoms with van der Waals surface area (Å²) in [6, 6.07) is 6.48. The minimum Gasteiger partial charge on any atom is -0.349 e. The first-order chi connectivity index (χ1) is 9.48. The zero-order chi connectivity index (χ0) is 14.8. The van der Waals surface area contributed by atoms with E-state index in [1.165, 1.54) is 16.4 Å². The lowest BCUT2D eigenvalue weighted by molar-refractivity contribution is 0.0951. The maximum absolute atomic E-state index is 12.4. The van der Waals surface area contributed by atoms with Crippen LogP contribution in [0, 0.1) is 0 Å². The van der Waals surface area contributed by atoms with E-state index in [2.05, 4.69) is 5.32 Å². The summed E-state index contributed by atoms with van der Waals surface area (Å²) >= 11 is 0. The molecule has 0 heterocycles. The molecule has 1 amide bonds. The van der Waals surface area contributed by atoms with E-state index in [-0.39, 0.29) is 16.8 Å². The van der Waals surface area contributed by atoms with Gasteiger partial charge >= 0.3 is 0 Å². The highest BCUT2D eigenvalue weighted by Crippen LogP contribution is 2.21. The topological polar surface area (TPSA) is 66.5 Å². The molecule has 0 aliphatic heterocycles. The molecule has 1 saturated carbocycles. The van der Waals surface area contributed by atoms with E-state index in [4.69, 9.17) is 0 Å². The molecular formula is C14H20N2O3S. The third kappa shape index (κ3) is 3.19. The zero-order valence-corrected chi connectivity index (χ0v) is 12.6. The molecule has 20 heavy (non-hydrogen) atoms. The average molecular weight is 296 g/mol. The third-order valence-corrected chi connectivity index (χ3v) is 5.40. The molecule has 1 aliphatic carbocycles. The Morgan fingerprint density at radius 2 is 1.95 bits per heavy atom. The Labute approximate surface area is 120 Å². The summed E-state index contributed by atoms with van der Waals surface area (Å²) in [6.45, 7) is 4.42. The summed E-state index contributed by atoms with van der Waals surface area (Å²) in [5, 5.41) is 2.86. The maximum atomic E-state index is 12.4. The molecule has 1 aliphatic rings. The molecule has 0 atom stereocenters. The summed E-state index contributed by atoms with van der Waals surface area (Å²) in [5.41, 5.74) is 0.394. The minimum absolute atomic E-state index is 0.171. The fourth-order valence-corrected chi connectivity index (χ4v) is 3.51. The first-order valence-corrected chi connectivity index (χ1v) is 8.34. The highest BCUT2D eigenvalue weighted by atomic mass is 32.2. The van der Waals surface area contributed by atoms with Crippen LogP contribution in [-0.2, 0) is 10.0 Å². The quantitative estimate of drug-likeness (QED) is 0.867. The van der Waals surface area contributed by atoms with Crippen LogP contribution in [0.15, 0.2) is 29.2 Å². The number of nitrogens with zero attached hydrogens (tertiary/aromatic N) is 1. The molecule has 5 nitrogen and oxygen atoms in total. The Hall–Kier alpha value is -1.40. The first-order valence-electron chi connectivity index (χ1n) is 6.90. The molecule has 1 aromatic carbocycles. The molecule has 0 spiro atoms. The van der Waals surface area contributed by atoms with Gasteiger partial charge in [-0.05, 0) is 31.0 Å². The molecule has 2 rings (SSSR count). The summed E-state index contributed by atoms with van der Waals surface area (Å²) < 4.78 is 26.2. The van der Waals surface area contributed by atoms with Gasteiger partial charge < -0.3 is 5.32 Å². The minimum atomic E-state index is -3.52. The van der Waals surface area contributed by atoms with E-state index < -0.39 is 10.0 Å². The second kappa shape index (κ2) is 5.93. The number of benzene rings is 1. The fraction of sp³-hybridized carbons (Fsp3) is 0.500. The molecule has 0 radical (unpaired) electrons. The van der Waals surface area contributed by atoms with Crippen LogP contribution >= 0.6 is 0 Å². The lowest BCUT2D eigenvalue weighted by atomic mass is 10.2. The number of sulfonamides is 1. The van der Waals surface area contributed by atoms with Crippen LogP contribution in [0.4, 0.5) is 0 Å². The van der Waals surface area contributed by atoms with Crippen molar-refractivity contribution in [3.05, 3.63) is 29.8 Å². The van der Waals surface area contributed by atoms with Crippen LogP contribution in [0.3, 0.4) is 0 Å². The highest BCUT2D eigenvalue weighted by Gasteiger charge is 2.25. The first kappa shape index (κ1) is 15.0. The van der Waals surface area contributed by atoms with Crippen LogP contribution in [0.25, 0.3) is 0 Å². The average Bonchev–Trinajstić information content (AvgIpc) is 3.24. The number of hydrogen-bond donors (Lipinski definition) is 1. The van der Waals surface area contributed by atoms with Gasteiger partial charge in [0.2, 0.25) is 10.0 Å². The third-order valence-electron chi connectivity index (χ3n) is 3.35. The standard InChI is InChI=1S/C14H20N2O3S/c1-3-16(4-2)20(18,19)13-7-5-6-11(10-13)14(17)15-12-8-9-12/h5-7,10,12H,3-4,8-9H2,1-2H3,(H,15,17). The molecule has 110 valence electrons. The van der Waals surface area contributed by atoms with Gasteiger partial charge in [-0.2, -0.15) is 4.31 Å². The van der Waals surface area contributed by atoms with Crippen molar-refractivity contribution in [3.8, 4) is 0 Å². The van der Waals surface area contributed by atoms with E-state index in [9.17, 15) is 13.2 Å². The van der Waals surface area contributed by atoms with Gasteiger partial charge in [0.05, 0.1) is 4.90 Å². The van der Waals surface area contributed by atoms with Crippen LogP contribution < -0.4 is 5.32 Å². The molecule has 1 fully saturated rings. The normalized spacial score (nSPS) is 15.3. The number of hydrogen-bond acceptors (Lipinski definition) is 3. The monoisotopic (exact) mass is 296 g/mol.